The number of amides is 1. The van der Waals surface area contributed by atoms with Gasteiger partial charge in [0.15, 0.2) is 5.13 Å². The Hall–Kier alpha value is -3.20. The molecule has 27 heavy (non-hydrogen) atoms. The highest BCUT2D eigenvalue weighted by Crippen LogP contribution is 2.32. The van der Waals surface area contributed by atoms with E-state index in [4.69, 9.17) is 0 Å². The van der Waals surface area contributed by atoms with Gasteiger partial charge in [-0.3, -0.25) is 10.1 Å². The van der Waals surface area contributed by atoms with Crippen molar-refractivity contribution in [3.63, 3.8) is 0 Å². The van der Waals surface area contributed by atoms with E-state index in [1.165, 1.54) is 17.4 Å². The molecule has 1 amide bonds. The lowest BCUT2D eigenvalue weighted by molar-refractivity contribution is -0.137. The summed E-state index contributed by atoms with van der Waals surface area (Å²) in [7, 11) is 0. The summed E-state index contributed by atoms with van der Waals surface area (Å²) in [5, 5.41) is 4.86. The van der Waals surface area contributed by atoms with Gasteiger partial charge in [-0.15, -0.1) is 11.3 Å². The highest BCUT2D eigenvalue weighted by atomic mass is 32.1. The lowest BCUT2D eigenvalue weighted by atomic mass is 10.1. The van der Waals surface area contributed by atoms with Crippen molar-refractivity contribution < 1.29 is 18.0 Å². The Morgan fingerprint density at radius 2 is 2.04 bits per heavy atom. The molecular weight excluding hydrogens is 377 g/mol. The molecular formula is C18H11F3N4OS. The smallest absolute Gasteiger partial charge is 0.306 e. The predicted octanol–water partition coefficient (Wildman–Crippen LogP) is 4.73. The van der Waals surface area contributed by atoms with Crippen LogP contribution in [0.5, 0.6) is 0 Å². The Kier molecular flexibility index (Phi) is 4.15. The van der Waals surface area contributed by atoms with Gasteiger partial charge in [-0.05, 0) is 24.3 Å². The maximum Gasteiger partial charge on any atom is 0.416 e. The van der Waals surface area contributed by atoms with E-state index in [1.54, 1.807) is 46.6 Å². The van der Waals surface area contributed by atoms with E-state index in [0.717, 1.165) is 12.1 Å². The van der Waals surface area contributed by atoms with E-state index in [0.29, 0.717) is 27.6 Å². The third-order valence-electron chi connectivity index (χ3n) is 3.87. The number of fused-ring (bicyclic) bond motifs is 1. The van der Waals surface area contributed by atoms with E-state index < -0.39 is 17.6 Å². The van der Waals surface area contributed by atoms with Gasteiger partial charge in [0.1, 0.15) is 5.65 Å². The first-order valence-electron chi connectivity index (χ1n) is 7.78. The number of alkyl halides is 3. The number of thiazole rings is 1. The molecule has 3 heterocycles. The summed E-state index contributed by atoms with van der Waals surface area (Å²) in [6.45, 7) is 0. The van der Waals surface area contributed by atoms with Crippen molar-refractivity contribution in [1.82, 2.24) is 14.4 Å². The monoisotopic (exact) mass is 388 g/mol. The molecule has 0 aliphatic heterocycles. The van der Waals surface area contributed by atoms with Gasteiger partial charge in [-0.25, -0.2) is 9.97 Å². The first-order valence-corrected chi connectivity index (χ1v) is 8.66. The normalized spacial score (nSPS) is 11.7. The number of benzene rings is 1. The first kappa shape index (κ1) is 17.2. The van der Waals surface area contributed by atoms with Gasteiger partial charge in [-0.1, -0.05) is 12.1 Å². The molecule has 0 aliphatic carbocycles. The van der Waals surface area contributed by atoms with E-state index in [-0.39, 0.29) is 0 Å². The minimum atomic E-state index is -4.44. The lowest BCUT2D eigenvalue weighted by Crippen LogP contribution is -2.13. The highest BCUT2D eigenvalue weighted by molar-refractivity contribution is 7.13. The fraction of sp³-hybridized carbons (Fsp3) is 0.0556. The van der Waals surface area contributed by atoms with Crippen LogP contribution >= 0.6 is 11.3 Å². The van der Waals surface area contributed by atoms with Crippen LogP contribution in [-0.2, 0) is 6.18 Å². The minimum Gasteiger partial charge on any atom is -0.306 e. The largest absolute Gasteiger partial charge is 0.416 e. The molecule has 0 bridgehead atoms. The van der Waals surface area contributed by atoms with Crippen LogP contribution in [-0.4, -0.2) is 20.3 Å². The molecule has 9 heteroatoms. The van der Waals surface area contributed by atoms with E-state index in [9.17, 15) is 18.0 Å². The molecule has 0 atom stereocenters. The number of carbonyl (C=O) groups excluding carboxylic acids is 1. The molecule has 5 nitrogen and oxygen atoms in total. The molecule has 4 aromatic rings. The number of nitrogens with one attached hydrogen (secondary N) is 1. The molecule has 1 N–H and O–H groups in total. The number of halogens is 3. The fourth-order valence-corrected chi connectivity index (χ4v) is 3.16. The Morgan fingerprint density at radius 1 is 1.19 bits per heavy atom. The summed E-state index contributed by atoms with van der Waals surface area (Å²) in [5.74, 6) is -0.392. The molecule has 0 spiro atoms. The molecule has 3 aromatic heterocycles. The second kappa shape index (κ2) is 6.51. The maximum absolute atomic E-state index is 13.0. The van der Waals surface area contributed by atoms with Crippen molar-refractivity contribution in [3.8, 4) is 11.3 Å². The third kappa shape index (κ3) is 3.41. The van der Waals surface area contributed by atoms with Crippen LogP contribution in [0, 0.1) is 0 Å². The second-order valence-electron chi connectivity index (χ2n) is 5.65. The molecule has 0 radical (unpaired) electrons. The molecule has 1 aromatic carbocycles. The van der Waals surface area contributed by atoms with Gasteiger partial charge < -0.3 is 4.40 Å². The number of rotatable bonds is 3. The standard InChI is InChI=1S/C18H11F3N4OS/c19-18(20,21)12-4-1-3-11(9-12)14-10-25-7-2-5-13(15(25)23-14)16(26)24-17-22-6-8-27-17/h1-10H,(H,22,24,26). The predicted molar refractivity (Wildman–Crippen MR) is 95.7 cm³/mol. The molecule has 4 rings (SSSR count). The van der Waals surface area contributed by atoms with Crippen molar-refractivity contribution in [3.05, 3.63) is 71.5 Å². The first-order chi connectivity index (χ1) is 12.9. The molecule has 136 valence electrons. The van der Waals surface area contributed by atoms with E-state index in [1.807, 2.05) is 0 Å². The van der Waals surface area contributed by atoms with Gasteiger partial charge in [0.05, 0.1) is 16.8 Å². The summed E-state index contributed by atoms with van der Waals surface area (Å²) in [6, 6.07) is 8.19. The van der Waals surface area contributed by atoms with E-state index >= 15 is 0 Å². The third-order valence-corrected chi connectivity index (χ3v) is 4.55. The van der Waals surface area contributed by atoms with Crippen LogP contribution in [0.1, 0.15) is 15.9 Å². The minimum absolute atomic E-state index is 0.297. The number of carbonyl (C=O) groups is 1. The number of hydrogen-bond acceptors (Lipinski definition) is 4. The fourth-order valence-electron chi connectivity index (χ4n) is 2.63. The molecule has 0 aliphatic rings. The second-order valence-corrected chi connectivity index (χ2v) is 6.54. The average Bonchev–Trinajstić information content (AvgIpc) is 3.30. The SMILES string of the molecule is O=C(Nc1nccs1)c1cccn2cc(-c3cccc(C(F)(F)F)c3)nc12. The zero-order chi connectivity index (χ0) is 19.0. The number of imidazole rings is 1. The number of nitrogens with zero attached hydrogens (tertiary/aromatic N) is 3. The van der Waals surface area contributed by atoms with Crippen LogP contribution < -0.4 is 5.32 Å². The van der Waals surface area contributed by atoms with Crippen LogP contribution in [0.3, 0.4) is 0 Å². The number of hydrogen-bond donors (Lipinski definition) is 1. The van der Waals surface area contributed by atoms with Gasteiger partial charge >= 0.3 is 6.18 Å². The molecule has 0 unspecified atom stereocenters. The molecule has 0 saturated heterocycles. The Bertz CT molecular complexity index is 1120. The Balaban J connectivity index is 1.74. The topological polar surface area (TPSA) is 59.3 Å². The number of anilines is 1. The van der Waals surface area contributed by atoms with Crippen LogP contribution in [0.2, 0.25) is 0 Å². The Labute approximate surface area is 155 Å². The molecule has 0 saturated carbocycles. The molecule has 0 fully saturated rings. The quantitative estimate of drug-likeness (QED) is 0.552. The number of aromatic nitrogens is 3. The van der Waals surface area contributed by atoms with Crippen molar-refractivity contribution in [2.75, 3.05) is 5.32 Å². The van der Waals surface area contributed by atoms with Crippen molar-refractivity contribution in [1.29, 1.82) is 0 Å². The van der Waals surface area contributed by atoms with E-state index in [2.05, 4.69) is 15.3 Å². The zero-order valence-corrected chi connectivity index (χ0v) is 14.4. The zero-order valence-electron chi connectivity index (χ0n) is 13.6. The highest BCUT2D eigenvalue weighted by Gasteiger charge is 2.30. The van der Waals surface area contributed by atoms with Gasteiger partial charge in [0.25, 0.3) is 5.91 Å². The van der Waals surface area contributed by atoms with Crippen LogP contribution in [0.15, 0.2) is 60.4 Å². The number of pyridine rings is 1. The maximum atomic E-state index is 13.0. The van der Waals surface area contributed by atoms with Gasteiger partial charge in [0, 0.05) is 29.5 Å². The van der Waals surface area contributed by atoms with Gasteiger partial charge in [-0.2, -0.15) is 13.2 Å². The van der Waals surface area contributed by atoms with Crippen molar-refractivity contribution in [2.45, 2.75) is 6.18 Å². The van der Waals surface area contributed by atoms with Crippen molar-refractivity contribution in [2.24, 2.45) is 0 Å². The summed E-state index contributed by atoms with van der Waals surface area (Å²) >= 11 is 1.28. The van der Waals surface area contributed by atoms with Gasteiger partial charge in [0.2, 0.25) is 0 Å². The van der Waals surface area contributed by atoms with Crippen molar-refractivity contribution >= 4 is 28.0 Å². The van der Waals surface area contributed by atoms with Crippen LogP contribution in [0.25, 0.3) is 16.9 Å². The summed E-state index contributed by atoms with van der Waals surface area (Å²) in [6.07, 6.45) is 0.403. The average molecular weight is 388 g/mol. The summed E-state index contributed by atoms with van der Waals surface area (Å²) < 4.78 is 40.5. The van der Waals surface area contributed by atoms with Crippen LogP contribution in [0.4, 0.5) is 18.3 Å². The summed E-state index contributed by atoms with van der Waals surface area (Å²) in [5.41, 5.74) is 0.555. The Morgan fingerprint density at radius 3 is 2.78 bits per heavy atom. The lowest BCUT2D eigenvalue weighted by Gasteiger charge is -2.07. The summed E-state index contributed by atoms with van der Waals surface area (Å²) in [4.78, 5) is 20.9.